The van der Waals surface area contributed by atoms with E-state index in [-0.39, 0.29) is 17.4 Å². The first-order valence-electron chi connectivity index (χ1n) is 8.68. The number of hydrogen-bond acceptors (Lipinski definition) is 3. The fourth-order valence-corrected chi connectivity index (χ4v) is 3.07. The van der Waals surface area contributed by atoms with Crippen molar-refractivity contribution in [1.82, 2.24) is 14.8 Å². The zero-order valence-corrected chi connectivity index (χ0v) is 14.5. The SMILES string of the molecule is CCCCNC(=O)C1CCC(C)N(Cc2ccn(C)c(=O)c2)C1. The van der Waals surface area contributed by atoms with Crippen molar-refractivity contribution < 1.29 is 4.79 Å². The fourth-order valence-electron chi connectivity index (χ4n) is 3.07. The molecule has 0 aromatic carbocycles. The smallest absolute Gasteiger partial charge is 0.250 e. The van der Waals surface area contributed by atoms with Crippen LogP contribution in [0.3, 0.4) is 0 Å². The monoisotopic (exact) mass is 319 g/mol. The van der Waals surface area contributed by atoms with Gasteiger partial charge in [0.25, 0.3) is 5.56 Å². The summed E-state index contributed by atoms with van der Waals surface area (Å²) in [5, 5.41) is 3.05. The number of likely N-dealkylation sites (tertiary alicyclic amines) is 1. The number of amides is 1. The number of aryl methyl sites for hydroxylation is 1. The highest BCUT2D eigenvalue weighted by atomic mass is 16.2. The van der Waals surface area contributed by atoms with Crippen molar-refractivity contribution in [2.24, 2.45) is 13.0 Å². The van der Waals surface area contributed by atoms with Crippen LogP contribution in [-0.2, 0) is 18.4 Å². The van der Waals surface area contributed by atoms with Gasteiger partial charge >= 0.3 is 0 Å². The number of nitrogens with one attached hydrogen (secondary N) is 1. The van der Waals surface area contributed by atoms with E-state index in [4.69, 9.17) is 0 Å². The normalized spacial score (nSPS) is 22.0. The molecule has 23 heavy (non-hydrogen) atoms. The second-order valence-electron chi connectivity index (χ2n) is 6.68. The molecule has 1 N–H and O–H groups in total. The van der Waals surface area contributed by atoms with E-state index in [2.05, 4.69) is 24.1 Å². The van der Waals surface area contributed by atoms with Gasteiger partial charge in [-0.3, -0.25) is 14.5 Å². The molecule has 0 saturated carbocycles. The van der Waals surface area contributed by atoms with Gasteiger partial charge in [-0.15, -0.1) is 0 Å². The van der Waals surface area contributed by atoms with Crippen molar-refractivity contribution in [1.29, 1.82) is 0 Å². The lowest BCUT2D eigenvalue weighted by atomic mass is 9.92. The third kappa shape index (κ3) is 4.93. The topological polar surface area (TPSA) is 54.3 Å². The quantitative estimate of drug-likeness (QED) is 0.815. The maximum Gasteiger partial charge on any atom is 0.250 e. The van der Waals surface area contributed by atoms with Crippen molar-refractivity contribution in [3.63, 3.8) is 0 Å². The van der Waals surface area contributed by atoms with Crippen molar-refractivity contribution in [3.8, 4) is 0 Å². The predicted octanol–water partition coefficient (Wildman–Crippen LogP) is 1.90. The van der Waals surface area contributed by atoms with E-state index in [1.165, 1.54) is 0 Å². The minimum atomic E-state index is 0.0148. The van der Waals surface area contributed by atoms with Crippen LogP contribution in [0.4, 0.5) is 0 Å². The van der Waals surface area contributed by atoms with Crippen LogP contribution < -0.4 is 10.9 Å². The van der Waals surface area contributed by atoms with Crippen LogP contribution in [0.15, 0.2) is 23.1 Å². The van der Waals surface area contributed by atoms with Crippen molar-refractivity contribution in [2.75, 3.05) is 13.1 Å². The molecule has 1 aliphatic rings. The van der Waals surface area contributed by atoms with Gasteiger partial charge in [-0.05, 0) is 37.8 Å². The van der Waals surface area contributed by atoms with E-state index >= 15 is 0 Å². The zero-order valence-electron chi connectivity index (χ0n) is 14.5. The van der Waals surface area contributed by atoms with Gasteiger partial charge in [0, 0.05) is 45.0 Å². The van der Waals surface area contributed by atoms with Gasteiger partial charge in [0.1, 0.15) is 0 Å². The number of piperidine rings is 1. The summed E-state index contributed by atoms with van der Waals surface area (Å²) in [6, 6.07) is 4.12. The summed E-state index contributed by atoms with van der Waals surface area (Å²) < 4.78 is 1.58. The first kappa shape index (κ1) is 17.7. The molecule has 1 aliphatic heterocycles. The summed E-state index contributed by atoms with van der Waals surface area (Å²) >= 11 is 0. The molecule has 5 nitrogen and oxygen atoms in total. The molecule has 0 bridgehead atoms. The van der Waals surface area contributed by atoms with Crippen molar-refractivity contribution in [2.45, 2.75) is 52.1 Å². The molecule has 0 spiro atoms. The molecule has 2 atom stereocenters. The van der Waals surface area contributed by atoms with Gasteiger partial charge in [0.2, 0.25) is 5.91 Å². The fraction of sp³-hybridized carbons (Fsp3) is 0.667. The Kier molecular flexibility index (Phi) is 6.39. The van der Waals surface area contributed by atoms with Gasteiger partial charge in [-0.25, -0.2) is 0 Å². The molecule has 1 saturated heterocycles. The first-order valence-corrected chi connectivity index (χ1v) is 8.68. The summed E-state index contributed by atoms with van der Waals surface area (Å²) in [6.07, 6.45) is 5.91. The number of unbranched alkanes of at least 4 members (excludes halogenated alkanes) is 1. The standard InChI is InChI=1S/C18H29N3O2/c1-4-5-9-19-18(23)16-7-6-14(2)21(13-16)12-15-8-10-20(3)17(22)11-15/h8,10-11,14,16H,4-7,9,12-13H2,1-3H3,(H,19,23). The zero-order chi connectivity index (χ0) is 16.8. The molecule has 2 heterocycles. The van der Waals surface area contributed by atoms with Crippen LogP contribution in [0.25, 0.3) is 0 Å². The molecule has 2 rings (SSSR count). The van der Waals surface area contributed by atoms with E-state index in [1.807, 2.05) is 6.07 Å². The number of carbonyl (C=O) groups excluding carboxylic acids is 1. The number of pyridine rings is 1. The van der Waals surface area contributed by atoms with Crippen LogP contribution in [-0.4, -0.2) is 34.5 Å². The third-order valence-corrected chi connectivity index (χ3v) is 4.77. The lowest BCUT2D eigenvalue weighted by molar-refractivity contribution is -0.127. The van der Waals surface area contributed by atoms with E-state index < -0.39 is 0 Å². The lowest BCUT2D eigenvalue weighted by Gasteiger charge is -2.37. The molecule has 1 aromatic rings. The average Bonchev–Trinajstić information content (AvgIpc) is 2.53. The highest BCUT2D eigenvalue weighted by Crippen LogP contribution is 2.23. The molecule has 1 amide bonds. The van der Waals surface area contributed by atoms with Crippen LogP contribution in [0.1, 0.15) is 45.1 Å². The maximum atomic E-state index is 12.3. The second-order valence-corrected chi connectivity index (χ2v) is 6.68. The lowest BCUT2D eigenvalue weighted by Crippen LogP contribution is -2.46. The molecular formula is C18H29N3O2. The Morgan fingerprint density at radius 1 is 1.39 bits per heavy atom. The molecule has 128 valence electrons. The molecule has 1 aromatic heterocycles. The number of nitrogens with zero attached hydrogens (tertiary/aromatic N) is 2. The Labute approximate surface area is 138 Å². The summed E-state index contributed by atoms with van der Waals surface area (Å²) in [5.74, 6) is 0.244. The Morgan fingerprint density at radius 3 is 2.87 bits per heavy atom. The average molecular weight is 319 g/mol. The minimum absolute atomic E-state index is 0.0148. The Balaban J connectivity index is 1.96. The van der Waals surface area contributed by atoms with Gasteiger partial charge in [-0.1, -0.05) is 13.3 Å². The van der Waals surface area contributed by atoms with Crippen molar-refractivity contribution in [3.05, 3.63) is 34.2 Å². The van der Waals surface area contributed by atoms with Crippen LogP contribution >= 0.6 is 0 Å². The summed E-state index contributed by atoms with van der Waals surface area (Å²) in [7, 11) is 1.76. The van der Waals surface area contributed by atoms with Crippen LogP contribution in [0.2, 0.25) is 0 Å². The predicted molar refractivity (Wildman–Crippen MR) is 92.2 cm³/mol. The number of rotatable bonds is 6. The second kappa shape index (κ2) is 8.29. The third-order valence-electron chi connectivity index (χ3n) is 4.77. The Hall–Kier alpha value is -1.62. The number of carbonyl (C=O) groups is 1. The molecule has 0 aliphatic carbocycles. The highest BCUT2D eigenvalue weighted by Gasteiger charge is 2.29. The van der Waals surface area contributed by atoms with Gasteiger partial charge in [0.15, 0.2) is 0 Å². The molecule has 1 fully saturated rings. The molecule has 2 unspecified atom stereocenters. The first-order chi connectivity index (χ1) is 11.0. The van der Waals surface area contributed by atoms with Crippen LogP contribution in [0.5, 0.6) is 0 Å². The molecular weight excluding hydrogens is 290 g/mol. The van der Waals surface area contributed by atoms with E-state index in [9.17, 15) is 9.59 Å². The molecule has 5 heteroatoms. The van der Waals surface area contributed by atoms with E-state index in [0.717, 1.165) is 50.9 Å². The number of aromatic nitrogens is 1. The van der Waals surface area contributed by atoms with E-state index in [1.54, 1.807) is 23.9 Å². The summed E-state index contributed by atoms with van der Waals surface area (Å²) in [4.78, 5) is 26.4. The number of hydrogen-bond donors (Lipinski definition) is 1. The Bertz CT molecular complexity index is 582. The highest BCUT2D eigenvalue weighted by molar-refractivity contribution is 5.78. The molecule has 0 radical (unpaired) electrons. The van der Waals surface area contributed by atoms with Gasteiger partial charge in [-0.2, -0.15) is 0 Å². The summed E-state index contributed by atoms with van der Waals surface area (Å²) in [5.41, 5.74) is 1.04. The minimum Gasteiger partial charge on any atom is -0.356 e. The van der Waals surface area contributed by atoms with Gasteiger partial charge in [0.05, 0.1) is 5.92 Å². The summed E-state index contributed by atoms with van der Waals surface area (Å²) in [6.45, 7) is 6.60. The Morgan fingerprint density at radius 2 is 2.17 bits per heavy atom. The maximum absolute atomic E-state index is 12.3. The van der Waals surface area contributed by atoms with Gasteiger partial charge < -0.3 is 9.88 Å². The van der Waals surface area contributed by atoms with Crippen molar-refractivity contribution >= 4 is 5.91 Å². The van der Waals surface area contributed by atoms with Crippen LogP contribution in [0, 0.1) is 5.92 Å². The van der Waals surface area contributed by atoms with E-state index in [0.29, 0.717) is 6.04 Å². The largest absolute Gasteiger partial charge is 0.356 e.